The standard InChI is InChI=1S/C29H35NO3/c1-18-5-9-25(10-6-18)30-26(31)21(4)33-27(32)29-15-22-12-23(16-29)14-28(13-22,17-29)24-8-7-19(2)20(3)11-24/h5-11,21-23H,12-17H2,1-4H3,(H,30,31)/t21-,22-,23+,28?,29?/m0/s1. The number of amides is 1. The molecule has 4 aliphatic rings. The van der Waals surface area contributed by atoms with Crippen LogP contribution in [0.5, 0.6) is 0 Å². The second kappa shape index (κ2) is 8.00. The van der Waals surface area contributed by atoms with Crippen molar-refractivity contribution in [1.29, 1.82) is 0 Å². The SMILES string of the molecule is Cc1ccc(NC(=O)[C@H](C)OC(=O)C23C[C@H]4C[C@@H](C2)CC(c2ccc(C)c(C)c2)(C4)C3)cc1. The van der Waals surface area contributed by atoms with Crippen LogP contribution in [-0.2, 0) is 19.7 Å². The third-order valence-electron chi connectivity index (χ3n) is 8.59. The van der Waals surface area contributed by atoms with E-state index in [2.05, 4.69) is 37.4 Å². The van der Waals surface area contributed by atoms with Gasteiger partial charge in [-0.05, 0) is 112 Å². The van der Waals surface area contributed by atoms with E-state index in [1.165, 1.54) is 36.0 Å². The lowest BCUT2D eigenvalue weighted by Gasteiger charge is -2.61. The summed E-state index contributed by atoms with van der Waals surface area (Å²) in [5.41, 5.74) is 5.48. The molecule has 2 aromatic carbocycles. The lowest BCUT2D eigenvalue weighted by molar-refractivity contribution is -0.180. The summed E-state index contributed by atoms with van der Waals surface area (Å²) < 4.78 is 5.87. The van der Waals surface area contributed by atoms with E-state index in [9.17, 15) is 9.59 Å². The van der Waals surface area contributed by atoms with Gasteiger partial charge in [0, 0.05) is 5.69 Å². The average molecular weight is 446 g/mol. The Morgan fingerprint density at radius 2 is 1.61 bits per heavy atom. The van der Waals surface area contributed by atoms with E-state index in [0.29, 0.717) is 11.8 Å². The number of hydrogen-bond donors (Lipinski definition) is 1. The zero-order valence-corrected chi connectivity index (χ0v) is 20.2. The summed E-state index contributed by atoms with van der Waals surface area (Å²) in [5, 5.41) is 2.88. The number of benzene rings is 2. The molecule has 0 saturated heterocycles. The summed E-state index contributed by atoms with van der Waals surface area (Å²) in [7, 11) is 0. The first kappa shape index (κ1) is 22.2. The molecule has 6 rings (SSSR count). The van der Waals surface area contributed by atoms with Gasteiger partial charge < -0.3 is 10.1 Å². The van der Waals surface area contributed by atoms with Gasteiger partial charge in [-0.2, -0.15) is 0 Å². The average Bonchev–Trinajstić information content (AvgIpc) is 2.76. The molecule has 0 aliphatic heterocycles. The van der Waals surface area contributed by atoms with Gasteiger partial charge in [-0.1, -0.05) is 35.9 Å². The highest BCUT2D eigenvalue weighted by Gasteiger charge is 2.61. The Morgan fingerprint density at radius 3 is 2.24 bits per heavy atom. The molecule has 2 unspecified atom stereocenters. The van der Waals surface area contributed by atoms with Crippen molar-refractivity contribution in [2.75, 3.05) is 5.32 Å². The second-order valence-electron chi connectivity index (χ2n) is 11.2. The minimum absolute atomic E-state index is 0.0644. The first-order valence-corrected chi connectivity index (χ1v) is 12.3. The van der Waals surface area contributed by atoms with Crippen LogP contribution < -0.4 is 5.32 Å². The molecule has 0 radical (unpaired) electrons. The van der Waals surface area contributed by atoms with Gasteiger partial charge in [-0.15, -0.1) is 0 Å². The summed E-state index contributed by atoms with van der Waals surface area (Å²) >= 11 is 0. The van der Waals surface area contributed by atoms with E-state index in [-0.39, 0.29) is 17.3 Å². The molecule has 174 valence electrons. The fraction of sp³-hybridized carbons (Fsp3) is 0.517. The number of aryl methyl sites for hydroxylation is 3. The highest BCUT2D eigenvalue weighted by Crippen LogP contribution is 2.66. The smallest absolute Gasteiger partial charge is 0.312 e. The molecular formula is C29H35NO3. The molecule has 4 bridgehead atoms. The van der Waals surface area contributed by atoms with Crippen LogP contribution in [0, 0.1) is 38.0 Å². The number of hydrogen-bond acceptors (Lipinski definition) is 3. The predicted octanol–water partition coefficient (Wildman–Crippen LogP) is 6.02. The molecule has 2 aromatic rings. The second-order valence-corrected chi connectivity index (χ2v) is 11.2. The Labute approximate surface area is 197 Å². The van der Waals surface area contributed by atoms with Crippen LogP contribution in [0.25, 0.3) is 0 Å². The first-order chi connectivity index (χ1) is 15.7. The number of carbonyl (C=O) groups excluding carboxylic acids is 2. The molecule has 0 aromatic heterocycles. The summed E-state index contributed by atoms with van der Waals surface area (Å²) in [4.78, 5) is 26.3. The molecule has 4 saturated carbocycles. The Bertz CT molecular complexity index is 1070. The molecular weight excluding hydrogens is 410 g/mol. The Balaban J connectivity index is 1.34. The van der Waals surface area contributed by atoms with Crippen molar-refractivity contribution in [1.82, 2.24) is 0 Å². The highest BCUT2D eigenvalue weighted by atomic mass is 16.5. The van der Waals surface area contributed by atoms with Gasteiger partial charge in [0.25, 0.3) is 5.91 Å². The normalized spacial score (nSPS) is 30.7. The molecule has 1 amide bonds. The minimum atomic E-state index is -0.815. The molecule has 5 atom stereocenters. The number of rotatable bonds is 5. The van der Waals surface area contributed by atoms with Crippen LogP contribution in [0.3, 0.4) is 0 Å². The van der Waals surface area contributed by atoms with Crippen molar-refractivity contribution < 1.29 is 14.3 Å². The maximum Gasteiger partial charge on any atom is 0.312 e. The molecule has 4 fully saturated rings. The van der Waals surface area contributed by atoms with E-state index < -0.39 is 11.5 Å². The van der Waals surface area contributed by atoms with Crippen molar-refractivity contribution in [3.63, 3.8) is 0 Å². The fourth-order valence-corrected chi connectivity index (χ4v) is 7.13. The van der Waals surface area contributed by atoms with Gasteiger partial charge in [-0.25, -0.2) is 0 Å². The fourth-order valence-electron chi connectivity index (χ4n) is 7.13. The Hall–Kier alpha value is -2.62. The lowest BCUT2D eigenvalue weighted by atomic mass is 9.43. The summed E-state index contributed by atoms with van der Waals surface area (Å²) in [6.07, 6.45) is 5.41. The third kappa shape index (κ3) is 3.98. The monoisotopic (exact) mass is 445 g/mol. The molecule has 4 nitrogen and oxygen atoms in total. The van der Waals surface area contributed by atoms with E-state index in [1.54, 1.807) is 6.92 Å². The maximum atomic E-state index is 13.6. The molecule has 4 aliphatic carbocycles. The quantitative estimate of drug-likeness (QED) is 0.573. The van der Waals surface area contributed by atoms with Crippen LogP contribution in [0.1, 0.15) is 67.7 Å². The van der Waals surface area contributed by atoms with Crippen molar-refractivity contribution in [3.05, 3.63) is 64.7 Å². The van der Waals surface area contributed by atoms with Crippen LogP contribution >= 0.6 is 0 Å². The van der Waals surface area contributed by atoms with Crippen LogP contribution in [-0.4, -0.2) is 18.0 Å². The minimum Gasteiger partial charge on any atom is -0.452 e. The van der Waals surface area contributed by atoms with Crippen molar-refractivity contribution in [2.24, 2.45) is 17.3 Å². The highest BCUT2D eigenvalue weighted by molar-refractivity contribution is 5.95. The molecule has 0 heterocycles. The lowest BCUT2D eigenvalue weighted by Crippen LogP contribution is -2.57. The summed E-state index contributed by atoms with van der Waals surface area (Å²) in [6, 6.07) is 14.5. The summed E-state index contributed by atoms with van der Waals surface area (Å²) in [5.74, 6) is 0.686. The van der Waals surface area contributed by atoms with E-state index in [0.717, 1.165) is 30.5 Å². The zero-order valence-electron chi connectivity index (χ0n) is 20.2. The van der Waals surface area contributed by atoms with Gasteiger partial charge >= 0.3 is 5.97 Å². The zero-order chi connectivity index (χ0) is 23.4. The molecule has 1 N–H and O–H groups in total. The topological polar surface area (TPSA) is 55.4 Å². The van der Waals surface area contributed by atoms with E-state index in [4.69, 9.17) is 4.74 Å². The van der Waals surface area contributed by atoms with Crippen LogP contribution in [0.15, 0.2) is 42.5 Å². The number of esters is 1. The largest absolute Gasteiger partial charge is 0.452 e. The maximum absolute atomic E-state index is 13.6. The van der Waals surface area contributed by atoms with Gasteiger partial charge in [-0.3, -0.25) is 9.59 Å². The predicted molar refractivity (Wildman–Crippen MR) is 130 cm³/mol. The number of nitrogens with one attached hydrogen (secondary N) is 1. The summed E-state index contributed by atoms with van der Waals surface area (Å²) in [6.45, 7) is 8.02. The number of ether oxygens (including phenoxy) is 1. The van der Waals surface area contributed by atoms with Gasteiger partial charge in [0.2, 0.25) is 0 Å². The van der Waals surface area contributed by atoms with Crippen molar-refractivity contribution in [2.45, 2.75) is 77.7 Å². The Morgan fingerprint density at radius 1 is 0.939 bits per heavy atom. The van der Waals surface area contributed by atoms with Crippen LogP contribution in [0.2, 0.25) is 0 Å². The van der Waals surface area contributed by atoms with Gasteiger partial charge in [0.05, 0.1) is 5.41 Å². The van der Waals surface area contributed by atoms with Gasteiger partial charge in [0.15, 0.2) is 6.10 Å². The Kier molecular flexibility index (Phi) is 5.38. The van der Waals surface area contributed by atoms with E-state index in [1.807, 2.05) is 31.2 Å². The number of carbonyl (C=O) groups is 2. The first-order valence-electron chi connectivity index (χ1n) is 12.3. The molecule has 33 heavy (non-hydrogen) atoms. The van der Waals surface area contributed by atoms with Crippen molar-refractivity contribution >= 4 is 17.6 Å². The number of anilines is 1. The van der Waals surface area contributed by atoms with Gasteiger partial charge in [0.1, 0.15) is 0 Å². The third-order valence-corrected chi connectivity index (χ3v) is 8.59. The molecule has 0 spiro atoms. The van der Waals surface area contributed by atoms with Crippen molar-refractivity contribution in [3.8, 4) is 0 Å². The van der Waals surface area contributed by atoms with E-state index >= 15 is 0 Å². The van der Waals surface area contributed by atoms with Crippen LogP contribution in [0.4, 0.5) is 5.69 Å². The molecule has 4 heteroatoms.